The summed E-state index contributed by atoms with van der Waals surface area (Å²) in [7, 11) is 0. The van der Waals surface area contributed by atoms with Gasteiger partial charge in [0.2, 0.25) is 0 Å². The summed E-state index contributed by atoms with van der Waals surface area (Å²) in [4.78, 5) is 7.14. The van der Waals surface area contributed by atoms with Crippen molar-refractivity contribution in [1.82, 2.24) is 14.7 Å². The van der Waals surface area contributed by atoms with Crippen molar-refractivity contribution in [3.63, 3.8) is 0 Å². The fourth-order valence-corrected chi connectivity index (χ4v) is 2.42. The van der Waals surface area contributed by atoms with Gasteiger partial charge in [-0.25, -0.2) is 0 Å². The number of piperazine rings is 1. The molecule has 0 amide bonds. The Bertz CT molecular complexity index is 189. The average Bonchev–Trinajstić information content (AvgIpc) is 2.37. The second-order valence-electron chi connectivity index (χ2n) is 4.87. The Morgan fingerprint density at radius 1 is 1.00 bits per heavy atom. The van der Waals surface area contributed by atoms with Crippen LogP contribution < -0.4 is 0 Å². The molecule has 1 unspecified atom stereocenters. The Kier molecular flexibility index (Phi) is 7.04. The van der Waals surface area contributed by atoms with Gasteiger partial charge < -0.3 is 14.9 Å². The molecular weight excluding hydrogens is 214 g/mol. The van der Waals surface area contributed by atoms with Crippen LogP contribution in [-0.4, -0.2) is 84.8 Å². The highest BCUT2D eigenvalue weighted by Crippen LogP contribution is 2.03. The Labute approximate surface area is 106 Å². The van der Waals surface area contributed by atoms with E-state index in [0.29, 0.717) is 0 Å². The van der Waals surface area contributed by atoms with E-state index in [9.17, 15) is 5.11 Å². The molecule has 1 atom stereocenters. The second kappa shape index (κ2) is 8.03. The SMILES string of the molecule is CCN1CCN(CC(O)CN(CC)CC)CC1. The highest BCUT2D eigenvalue weighted by molar-refractivity contribution is 4.74. The predicted octanol–water partition coefficient (Wildman–Crippen LogP) is 0.327. The van der Waals surface area contributed by atoms with Crippen molar-refractivity contribution >= 4 is 0 Å². The minimum absolute atomic E-state index is 0.205. The van der Waals surface area contributed by atoms with Gasteiger partial charge in [-0.2, -0.15) is 0 Å². The first-order chi connectivity index (χ1) is 8.19. The zero-order valence-corrected chi connectivity index (χ0v) is 11.7. The quantitative estimate of drug-likeness (QED) is 0.698. The molecule has 1 aliphatic heterocycles. The Hall–Kier alpha value is -0.160. The van der Waals surface area contributed by atoms with E-state index in [4.69, 9.17) is 0 Å². The standard InChI is InChI=1S/C13H29N3O/c1-4-14(5-2)11-13(17)12-16-9-7-15(6-3)8-10-16/h13,17H,4-12H2,1-3H3. The largest absolute Gasteiger partial charge is 0.390 e. The number of aliphatic hydroxyl groups is 1. The van der Waals surface area contributed by atoms with E-state index in [2.05, 4.69) is 35.5 Å². The van der Waals surface area contributed by atoms with Crippen LogP contribution in [-0.2, 0) is 0 Å². The molecule has 1 N–H and O–H groups in total. The van der Waals surface area contributed by atoms with Crippen LogP contribution in [0.1, 0.15) is 20.8 Å². The lowest BCUT2D eigenvalue weighted by Gasteiger charge is -2.35. The van der Waals surface area contributed by atoms with Crippen LogP contribution in [0.15, 0.2) is 0 Å². The molecule has 1 rings (SSSR count). The average molecular weight is 243 g/mol. The van der Waals surface area contributed by atoms with Crippen molar-refractivity contribution in [3.05, 3.63) is 0 Å². The Balaban J connectivity index is 2.20. The van der Waals surface area contributed by atoms with Crippen LogP contribution in [0.2, 0.25) is 0 Å². The molecule has 0 radical (unpaired) electrons. The van der Waals surface area contributed by atoms with E-state index in [0.717, 1.165) is 58.9 Å². The van der Waals surface area contributed by atoms with E-state index in [1.165, 1.54) is 0 Å². The summed E-state index contributed by atoms with van der Waals surface area (Å²) in [5.74, 6) is 0. The molecule has 1 fully saturated rings. The third-order valence-electron chi connectivity index (χ3n) is 3.74. The van der Waals surface area contributed by atoms with Gasteiger partial charge >= 0.3 is 0 Å². The van der Waals surface area contributed by atoms with E-state index < -0.39 is 0 Å². The molecule has 0 aliphatic carbocycles. The molecule has 1 saturated heterocycles. The lowest BCUT2D eigenvalue weighted by Crippen LogP contribution is -2.49. The first kappa shape index (κ1) is 14.9. The van der Waals surface area contributed by atoms with Gasteiger partial charge in [-0.15, -0.1) is 0 Å². The van der Waals surface area contributed by atoms with E-state index in [1.807, 2.05) is 0 Å². The van der Waals surface area contributed by atoms with Gasteiger partial charge in [0.15, 0.2) is 0 Å². The van der Waals surface area contributed by atoms with Gasteiger partial charge in [-0.3, -0.25) is 4.90 Å². The second-order valence-corrected chi connectivity index (χ2v) is 4.87. The number of rotatable bonds is 7. The summed E-state index contributed by atoms with van der Waals surface area (Å²) in [6, 6.07) is 0. The number of hydrogen-bond donors (Lipinski definition) is 1. The number of aliphatic hydroxyl groups excluding tert-OH is 1. The summed E-state index contributed by atoms with van der Waals surface area (Å²) in [6.45, 7) is 15.8. The predicted molar refractivity (Wildman–Crippen MR) is 72.3 cm³/mol. The molecule has 0 spiro atoms. The molecule has 17 heavy (non-hydrogen) atoms. The van der Waals surface area contributed by atoms with Gasteiger partial charge in [-0.1, -0.05) is 20.8 Å². The fraction of sp³-hybridized carbons (Fsp3) is 1.00. The molecule has 4 nitrogen and oxygen atoms in total. The summed E-state index contributed by atoms with van der Waals surface area (Å²) in [6.07, 6.45) is -0.205. The highest BCUT2D eigenvalue weighted by Gasteiger charge is 2.18. The maximum atomic E-state index is 10.1. The zero-order chi connectivity index (χ0) is 12.7. The first-order valence-electron chi connectivity index (χ1n) is 7.04. The molecule has 1 aliphatic rings. The molecule has 1 heterocycles. The number of likely N-dealkylation sites (N-methyl/N-ethyl adjacent to an activating group) is 2. The molecule has 0 bridgehead atoms. The third kappa shape index (κ3) is 5.34. The molecule has 0 aromatic carbocycles. The normalized spacial score (nSPS) is 21.0. The van der Waals surface area contributed by atoms with Gasteiger partial charge in [0, 0.05) is 39.3 Å². The van der Waals surface area contributed by atoms with Crippen LogP contribution in [0.25, 0.3) is 0 Å². The van der Waals surface area contributed by atoms with Crippen molar-refractivity contribution in [3.8, 4) is 0 Å². The first-order valence-corrected chi connectivity index (χ1v) is 7.04. The smallest absolute Gasteiger partial charge is 0.0793 e. The van der Waals surface area contributed by atoms with E-state index in [-0.39, 0.29) is 6.10 Å². The van der Waals surface area contributed by atoms with Crippen molar-refractivity contribution in [1.29, 1.82) is 0 Å². The number of β-amino-alcohol motifs (C(OH)–C–C–N with tert-alkyl or cyclic N) is 1. The van der Waals surface area contributed by atoms with Crippen LogP contribution in [0.3, 0.4) is 0 Å². The van der Waals surface area contributed by atoms with Gasteiger partial charge in [0.25, 0.3) is 0 Å². The molecule has 0 aromatic heterocycles. The highest BCUT2D eigenvalue weighted by atomic mass is 16.3. The monoisotopic (exact) mass is 243 g/mol. The molecule has 0 saturated carbocycles. The van der Waals surface area contributed by atoms with Crippen LogP contribution in [0, 0.1) is 0 Å². The topological polar surface area (TPSA) is 30.0 Å². The Morgan fingerprint density at radius 3 is 2.00 bits per heavy atom. The Morgan fingerprint density at radius 2 is 1.53 bits per heavy atom. The zero-order valence-electron chi connectivity index (χ0n) is 11.7. The van der Waals surface area contributed by atoms with Crippen molar-refractivity contribution in [2.24, 2.45) is 0 Å². The maximum absolute atomic E-state index is 10.1. The minimum Gasteiger partial charge on any atom is -0.390 e. The summed E-state index contributed by atoms with van der Waals surface area (Å²) in [5, 5.41) is 10.1. The molecule has 0 aromatic rings. The van der Waals surface area contributed by atoms with Crippen molar-refractivity contribution in [2.45, 2.75) is 26.9 Å². The molecule has 4 heteroatoms. The van der Waals surface area contributed by atoms with Gasteiger partial charge in [-0.05, 0) is 19.6 Å². The lowest BCUT2D eigenvalue weighted by atomic mass is 10.2. The fourth-order valence-electron chi connectivity index (χ4n) is 2.42. The van der Waals surface area contributed by atoms with Gasteiger partial charge in [0.05, 0.1) is 6.10 Å². The van der Waals surface area contributed by atoms with E-state index >= 15 is 0 Å². The van der Waals surface area contributed by atoms with Crippen LogP contribution >= 0.6 is 0 Å². The lowest BCUT2D eigenvalue weighted by molar-refractivity contribution is 0.0537. The third-order valence-corrected chi connectivity index (χ3v) is 3.74. The van der Waals surface area contributed by atoms with E-state index in [1.54, 1.807) is 0 Å². The number of nitrogens with zero attached hydrogens (tertiary/aromatic N) is 3. The molecule has 102 valence electrons. The van der Waals surface area contributed by atoms with Crippen molar-refractivity contribution < 1.29 is 5.11 Å². The minimum atomic E-state index is -0.205. The summed E-state index contributed by atoms with van der Waals surface area (Å²) >= 11 is 0. The maximum Gasteiger partial charge on any atom is 0.0793 e. The van der Waals surface area contributed by atoms with Crippen LogP contribution in [0.4, 0.5) is 0 Å². The number of hydrogen-bond acceptors (Lipinski definition) is 4. The van der Waals surface area contributed by atoms with Crippen LogP contribution in [0.5, 0.6) is 0 Å². The summed E-state index contributed by atoms with van der Waals surface area (Å²) < 4.78 is 0. The molecular formula is C13H29N3O. The summed E-state index contributed by atoms with van der Waals surface area (Å²) in [5.41, 5.74) is 0. The van der Waals surface area contributed by atoms with Gasteiger partial charge in [0.1, 0.15) is 0 Å². The van der Waals surface area contributed by atoms with Crippen molar-refractivity contribution in [2.75, 3.05) is 58.9 Å².